The van der Waals surface area contributed by atoms with Gasteiger partial charge in [-0.3, -0.25) is 9.79 Å². The highest BCUT2D eigenvalue weighted by Gasteiger charge is 2.28. The van der Waals surface area contributed by atoms with Crippen molar-refractivity contribution in [3.8, 4) is 11.9 Å². The fourth-order valence-corrected chi connectivity index (χ4v) is 5.07. The summed E-state index contributed by atoms with van der Waals surface area (Å²) in [4.78, 5) is 24.2. The molecule has 9 heteroatoms. The third-order valence-corrected chi connectivity index (χ3v) is 6.55. The predicted octanol–water partition coefficient (Wildman–Crippen LogP) is 3.81. The molecule has 160 valence electrons. The number of nitrogens with zero attached hydrogens (tertiary/aromatic N) is 6. The zero-order valence-electron chi connectivity index (χ0n) is 18.0. The highest BCUT2D eigenvalue weighted by atomic mass is 32.2. The van der Waals surface area contributed by atoms with Crippen molar-refractivity contribution in [1.82, 2.24) is 19.7 Å². The second-order valence-corrected chi connectivity index (χ2v) is 8.81. The van der Waals surface area contributed by atoms with Crippen LogP contribution >= 0.6 is 11.8 Å². The van der Waals surface area contributed by atoms with Crippen LogP contribution in [0.1, 0.15) is 28.7 Å². The molecule has 0 saturated heterocycles. The first-order chi connectivity index (χ1) is 15.4. The molecular formula is C23H21N7OS. The molecule has 8 nitrogen and oxygen atoms in total. The Morgan fingerprint density at radius 2 is 2.09 bits per heavy atom. The van der Waals surface area contributed by atoms with E-state index < -0.39 is 0 Å². The number of aliphatic imine (C=N–C) groups is 1. The molecular weight excluding hydrogens is 422 g/mol. The molecule has 0 fully saturated rings. The van der Waals surface area contributed by atoms with Crippen LogP contribution in [0.15, 0.2) is 40.5 Å². The number of pyridine rings is 1. The van der Waals surface area contributed by atoms with Crippen molar-refractivity contribution in [2.75, 3.05) is 18.4 Å². The number of aromatic nitrogens is 3. The first kappa shape index (κ1) is 20.3. The minimum atomic E-state index is -0.215. The Bertz CT molecular complexity index is 1380. The molecule has 0 unspecified atom stereocenters. The Hall–Kier alpha value is -3.64. The van der Waals surface area contributed by atoms with Crippen molar-refractivity contribution in [1.29, 1.82) is 5.26 Å². The van der Waals surface area contributed by atoms with Gasteiger partial charge in [-0.2, -0.15) is 15.0 Å². The van der Waals surface area contributed by atoms with Crippen molar-refractivity contribution >= 4 is 39.6 Å². The Morgan fingerprint density at radius 3 is 2.91 bits per heavy atom. The van der Waals surface area contributed by atoms with E-state index in [0.29, 0.717) is 11.6 Å². The summed E-state index contributed by atoms with van der Waals surface area (Å²) in [7, 11) is 0. The topological polar surface area (TPSA) is 99.2 Å². The van der Waals surface area contributed by atoms with E-state index in [0.717, 1.165) is 46.0 Å². The van der Waals surface area contributed by atoms with E-state index in [4.69, 9.17) is 4.98 Å². The molecule has 2 aromatic heterocycles. The zero-order chi connectivity index (χ0) is 22.4. The molecule has 0 aliphatic carbocycles. The summed E-state index contributed by atoms with van der Waals surface area (Å²) in [6.07, 6.45) is 1.65. The summed E-state index contributed by atoms with van der Waals surface area (Å²) in [5.74, 6) is 0.672. The number of amides is 1. The minimum absolute atomic E-state index is 0.199. The van der Waals surface area contributed by atoms with Gasteiger partial charge in [0.25, 0.3) is 0 Å². The van der Waals surface area contributed by atoms with E-state index >= 15 is 0 Å². The van der Waals surface area contributed by atoms with E-state index in [9.17, 15) is 10.1 Å². The first-order valence-electron chi connectivity index (χ1n) is 10.3. The summed E-state index contributed by atoms with van der Waals surface area (Å²) in [6.45, 7) is 7.66. The van der Waals surface area contributed by atoms with Gasteiger partial charge in [0.2, 0.25) is 5.91 Å². The fourth-order valence-electron chi connectivity index (χ4n) is 4.12. The standard InChI is InChI=1S/C23H21N7OS/c1-13-6-15(3)21-18(7-13)14(2)8-19(27-21)30-22(16(10-24)11-26-30)28-20(31)9-17-12-32-23-25-4-5-29(17)23/h6-8,11-12H,4-5,9H2,1-3H3,(H,28,31). The number of thioether (sulfide) groups is 1. The molecule has 0 radical (unpaired) electrons. The molecule has 3 aromatic rings. The molecule has 0 atom stereocenters. The SMILES string of the molecule is Cc1cc(C)c2nc(-n3ncc(C#N)c3NC(=O)CC3=CSC4=NCCN34)cc(C)c2c1. The van der Waals surface area contributed by atoms with Crippen molar-refractivity contribution in [2.24, 2.45) is 4.99 Å². The minimum Gasteiger partial charge on any atom is -0.322 e. The summed E-state index contributed by atoms with van der Waals surface area (Å²) in [5.41, 5.74) is 5.38. The van der Waals surface area contributed by atoms with Gasteiger partial charge in [-0.25, -0.2) is 4.98 Å². The van der Waals surface area contributed by atoms with Gasteiger partial charge in [0.1, 0.15) is 11.6 Å². The monoisotopic (exact) mass is 443 g/mol. The number of benzene rings is 1. The predicted molar refractivity (Wildman–Crippen MR) is 126 cm³/mol. The maximum absolute atomic E-state index is 12.9. The smallest absolute Gasteiger partial charge is 0.231 e. The van der Waals surface area contributed by atoms with Gasteiger partial charge in [0, 0.05) is 17.6 Å². The first-order valence-corrected chi connectivity index (χ1v) is 11.2. The van der Waals surface area contributed by atoms with Crippen LogP contribution in [0, 0.1) is 32.1 Å². The number of rotatable bonds is 4. The Kier molecular flexibility index (Phi) is 4.94. The lowest BCUT2D eigenvalue weighted by Gasteiger charge is -2.16. The number of hydrogen-bond acceptors (Lipinski definition) is 7. The number of aryl methyl sites for hydroxylation is 3. The normalized spacial score (nSPS) is 14.9. The van der Waals surface area contributed by atoms with Gasteiger partial charge in [-0.05, 0) is 49.4 Å². The second-order valence-electron chi connectivity index (χ2n) is 7.97. The molecule has 32 heavy (non-hydrogen) atoms. The van der Waals surface area contributed by atoms with Gasteiger partial charge < -0.3 is 10.2 Å². The maximum Gasteiger partial charge on any atom is 0.231 e. The average molecular weight is 444 g/mol. The highest BCUT2D eigenvalue weighted by Crippen LogP contribution is 2.31. The van der Waals surface area contributed by atoms with Gasteiger partial charge in [-0.15, -0.1) is 0 Å². The van der Waals surface area contributed by atoms with Crippen LogP contribution in [0.3, 0.4) is 0 Å². The molecule has 2 aliphatic rings. The van der Waals surface area contributed by atoms with Gasteiger partial charge in [0.15, 0.2) is 16.8 Å². The fraction of sp³-hybridized carbons (Fsp3) is 0.261. The van der Waals surface area contributed by atoms with Crippen LogP contribution in [-0.2, 0) is 4.79 Å². The summed E-state index contributed by atoms with van der Waals surface area (Å²) in [6, 6.07) is 8.25. The average Bonchev–Trinajstić information content (AvgIpc) is 3.46. The Balaban J connectivity index is 1.48. The van der Waals surface area contributed by atoms with E-state index in [-0.39, 0.29) is 17.9 Å². The molecule has 0 bridgehead atoms. The number of nitrogens with one attached hydrogen (secondary N) is 1. The molecule has 2 aliphatic heterocycles. The van der Waals surface area contributed by atoms with E-state index in [1.54, 1.807) is 0 Å². The number of carbonyl (C=O) groups is 1. The van der Waals surface area contributed by atoms with Crippen molar-refractivity contribution < 1.29 is 4.79 Å². The van der Waals surface area contributed by atoms with Crippen molar-refractivity contribution in [3.63, 3.8) is 0 Å². The van der Waals surface area contributed by atoms with Crippen molar-refractivity contribution in [3.05, 3.63) is 57.8 Å². The Morgan fingerprint density at radius 1 is 1.25 bits per heavy atom. The number of amidine groups is 1. The lowest BCUT2D eigenvalue weighted by molar-refractivity contribution is -0.115. The molecule has 1 amide bonds. The van der Waals surface area contributed by atoms with Gasteiger partial charge >= 0.3 is 0 Å². The molecule has 5 rings (SSSR count). The maximum atomic E-state index is 12.9. The van der Waals surface area contributed by atoms with Crippen LogP contribution in [0.2, 0.25) is 0 Å². The zero-order valence-corrected chi connectivity index (χ0v) is 18.8. The summed E-state index contributed by atoms with van der Waals surface area (Å²) in [5, 5.41) is 20.8. The highest BCUT2D eigenvalue weighted by molar-refractivity contribution is 8.16. The van der Waals surface area contributed by atoms with Crippen LogP contribution in [-0.4, -0.2) is 43.8 Å². The number of hydrogen-bond donors (Lipinski definition) is 1. The van der Waals surface area contributed by atoms with E-state index in [1.165, 1.54) is 28.2 Å². The van der Waals surface area contributed by atoms with Gasteiger partial charge in [0.05, 0.1) is 24.7 Å². The van der Waals surface area contributed by atoms with Crippen LogP contribution < -0.4 is 5.32 Å². The van der Waals surface area contributed by atoms with E-state index in [2.05, 4.69) is 45.4 Å². The molecule has 0 saturated carbocycles. The van der Waals surface area contributed by atoms with Crippen LogP contribution in [0.5, 0.6) is 0 Å². The number of nitriles is 1. The summed E-state index contributed by atoms with van der Waals surface area (Å²) >= 11 is 1.54. The third kappa shape index (κ3) is 3.42. The molecule has 0 spiro atoms. The quantitative estimate of drug-likeness (QED) is 0.658. The second kappa shape index (κ2) is 7.80. The van der Waals surface area contributed by atoms with Crippen LogP contribution in [0.4, 0.5) is 5.82 Å². The molecule has 4 heterocycles. The lowest BCUT2D eigenvalue weighted by atomic mass is 10.0. The van der Waals surface area contributed by atoms with E-state index in [1.807, 2.05) is 25.3 Å². The molecule has 1 N–H and O–H groups in total. The van der Waals surface area contributed by atoms with Crippen molar-refractivity contribution in [2.45, 2.75) is 27.2 Å². The lowest BCUT2D eigenvalue weighted by Crippen LogP contribution is -2.25. The molecule has 1 aromatic carbocycles. The largest absolute Gasteiger partial charge is 0.322 e. The number of fused-ring (bicyclic) bond motifs is 2. The summed E-state index contributed by atoms with van der Waals surface area (Å²) < 4.78 is 1.53. The number of anilines is 1. The number of carbonyl (C=O) groups excluding carboxylic acids is 1. The van der Waals surface area contributed by atoms with Gasteiger partial charge in [-0.1, -0.05) is 23.4 Å². The Labute approximate surface area is 189 Å². The van der Waals surface area contributed by atoms with Crippen LogP contribution in [0.25, 0.3) is 16.7 Å². The third-order valence-electron chi connectivity index (χ3n) is 5.60.